The lowest BCUT2D eigenvalue weighted by Gasteiger charge is -2.18. The SMILES string of the molecule is Cc1ccc(C(=O)COC(=O)[C@H]2CC(=O)N(NC(=O)c3ccccc3C)C2)cc1. The van der Waals surface area contributed by atoms with E-state index in [1.165, 1.54) is 0 Å². The van der Waals surface area contributed by atoms with Crippen molar-refractivity contribution in [2.24, 2.45) is 5.92 Å². The van der Waals surface area contributed by atoms with Crippen LogP contribution in [0.1, 0.15) is 38.3 Å². The number of ether oxygens (including phenoxy) is 1. The van der Waals surface area contributed by atoms with Crippen molar-refractivity contribution in [1.82, 2.24) is 10.4 Å². The second-order valence-corrected chi connectivity index (χ2v) is 7.06. The van der Waals surface area contributed by atoms with Gasteiger partial charge in [-0.2, -0.15) is 0 Å². The fourth-order valence-electron chi connectivity index (χ4n) is 3.06. The Balaban J connectivity index is 1.53. The number of carbonyl (C=O) groups is 4. The molecule has 0 radical (unpaired) electrons. The van der Waals surface area contributed by atoms with Crippen molar-refractivity contribution >= 4 is 23.6 Å². The van der Waals surface area contributed by atoms with Crippen LogP contribution in [-0.2, 0) is 14.3 Å². The van der Waals surface area contributed by atoms with E-state index in [9.17, 15) is 19.2 Å². The minimum atomic E-state index is -0.731. The Morgan fingerprint density at radius 2 is 1.76 bits per heavy atom. The normalized spacial score (nSPS) is 15.9. The molecule has 1 saturated heterocycles. The number of nitrogens with zero attached hydrogens (tertiary/aromatic N) is 1. The van der Waals surface area contributed by atoms with Crippen LogP contribution >= 0.6 is 0 Å². The average Bonchev–Trinajstić information content (AvgIpc) is 3.07. The molecule has 0 aliphatic carbocycles. The second-order valence-electron chi connectivity index (χ2n) is 7.06. The Morgan fingerprint density at radius 3 is 2.45 bits per heavy atom. The number of nitrogens with one attached hydrogen (secondary N) is 1. The van der Waals surface area contributed by atoms with Crippen molar-refractivity contribution in [3.63, 3.8) is 0 Å². The maximum absolute atomic E-state index is 12.4. The number of ketones is 1. The summed E-state index contributed by atoms with van der Waals surface area (Å²) in [5.74, 6) is -2.47. The van der Waals surface area contributed by atoms with Crippen LogP contribution in [0, 0.1) is 19.8 Å². The average molecular weight is 394 g/mol. The molecule has 1 N–H and O–H groups in total. The highest BCUT2D eigenvalue weighted by atomic mass is 16.5. The van der Waals surface area contributed by atoms with Crippen LogP contribution in [0.5, 0.6) is 0 Å². The third kappa shape index (κ3) is 4.87. The van der Waals surface area contributed by atoms with Crippen molar-refractivity contribution in [3.8, 4) is 0 Å². The molecule has 150 valence electrons. The molecule has 0 spiro atoms. The number of Topliss-reactive ketones (excluding diaryl/α,β-unsaturated/α-hetero) is 1. The summed E-state index contributed by atoms with van der Waals surface area (Å²) in [5, 5.41) is 1.13. The van der Waals surface area contributed by atoms with E-state index >= 15 is 0 Å². The van der Waals surface area contributed by atoms with Crippen LogP contribution in [0.25, 0.3) is 0 Å². The van der Waals surface area contributed by atoms with Crippen LogP contribution in [-0.4, -0.2) is 41.7 Å². The molecule has 2 aromatic carbocycles. The molecule has 1 aliphatic rings. The van der Waals surface area contributed by atoms with Crippen LogP contribution in [0.2, 0.25) is 0 Å². The quantitative estimate of drug-likeness (QED) is 0.599. The van der Waals surface area contributed by atoms with Crippen molar-refractivity contribution in [2.45, 2.75) is 20.3 Å². The Labute approximate surface area is 168 Å². The first-order valence-corrected chi connectivity index (χ1v) is 9.28. The Kier molecular flexibility index (Phi) is 6.07. The predicted octanol–water partition coefficient (Wildman–Crippen LogP) is 2.22. The van der Waals surface area contributed by atoms with E-state index in [1.54, 1.807) is 49.4 Å². The summed E-state index contributed by atoms with van der Waals surface area (Å²) < 4.78 is 5.10. The largest absolute Gasteiger partial charge is 0.457 e. The summed E-state index contributed by atoms with van der Waals surface area (Å²) in [5.41, 5.74) is 5.25. The topological polar surface area (TPSA) is 92.8 Å². The first kappa shape index (κ1) is 20.3. The first-order chi connectivity index (χ1) is 13.8. The molecule has 1 heterocycles. The van der Waals surface area contributed by atoms with E-state index in [2.05, 4.69) is 5.43 Å². The fraction of sp³-hybridized carbons (Fsp3) is 0.273. The van der Waals surface area contributed by atoms with E-state index < -0.39 is 17.8 Å². The molecule has 29 heavy (non-hydrogen) atoms. The van der Waals surface area contributed by atoms with E-state index in [0.717, 1.165) is 16.1 Å². The number of amides is 2. The van der Waals surface area contributed by atoms with Gasteiger partial charge in [-0.3, -0.25) is 29.6 Å². The summed E-state index contributed by atoms with van der Waals surface area (Å²) in [6.45, 7) is 3.33. The van der Waals surface area contributed by atoms with E-state index in [1.807, 2.05) is 13.0 Å². The highest BCUT2D eigenvalue weighted by Gasteiger charge is 2.36. The van der Waals surface area contributed by atoms with Gasteiger partial charge >= 0.3 is 5.97 Å². The van der Waals surface area contributed by atoms with Crippen LogP contribution in [0.4, 0.5) is 0 Å². The number of benzene rings is 2. The number of esters is 1. The van der Waals surface area contributed by atoms with Crippen LogP contribution < -0.4 is 5.43 Å². The Bertz CT molecular complexity index is 952. The molecular weight excluding hydrogens is 372 g/mol. The first-order valence-electron chi connectivity index (χ1n) is 9.28. The van der Waals surface area contributed by atoms with Gasteiger partial charge in [0, 0.05) is 17.5 Å². The minimum absolute atomic E-state index is 0.00795. The summed E-state index contributed by atoms with van der Waals surface area (Å²) in [4.78, 5) is 48.9. The van der Waals surface area contributed by atoms with Crippen molar-refractivity contribution in [1.29, 1.82) is 0 Å². The zero-order chi connectivity index (χ0) is 21.0. The molecule has 0 bridgehead atoms. The molecule has 7 heteroatoms. The highest BCUT2D eigenvalue weighted by molar-refractivity contribution is 5.99. The molecule has 3 rings (SSSR count). The molecule has 2 aromatic rings. The molecule has 2 amide bonds. The van der Waals surface area contributed by atoms with Gasteiger partial charge in [0.15, 0.2) is 12.4 Å². The lowest BCUT2D eigenvalue weighted by atomic mass is 10.1. The molecule has 0 saturated carbocycles. The second kappa shape index (κ2) is 8.68. The van der Waals surface area contributed by atoms with Crippen LogP contribution in [0.3, 0.4) is 0 Å². The molecule has 0 aromatic heterocycles. The lowest BCUT2D eigenvalue weighted by Crippen LogP contribution is -2.43. The van der Waals surface area contributed by atoms with Gasteiger partial charge < -0.3 is 4.74 Å². The van der Waals surface area contributed by atoms with Gasteiger partial charge in [-0.1, -0.05) is 48.0 Å². The third-order valence-electron chi connectivity index (χ3n) is 4.80. The number of hydrazine groups is 1. The predicted molar refractivity (Wildman–Crippen MR) is 105 cm³/mol. The van der Waals surface area contributed by atoms with Gasteiger partial charge in [0.05, 0.1) is 12.5 Å². The lowest BCUT2D eigenvalue weighted by molar-refractivity contribution is -0.147. The smallest absolute Gasteiger partial charge is 0.311 e. The number of hydrogen-bond donors (Lipinski definition) is 1. The molecule has 1 atom stereocenters. The number of rotatable bonds is 6. The van der Waals surface area contributed by atoms with Crippen molar-refractivity contribution in [3.05, 3.63) is 70.8 Å². The van der Waals surface area contributed by atoms with Gasteiger partial charge in [0.2, 0.25) is 5.91 Å². The van der Waals surface area contributed by atoms with E-state index in [-0.39, 0.29) is 31.3 Å². The van der Waals surface area contributed by atoms with Crippen LogP contribution in [0.15, 0.2) is 48.5 Å². The fourth-order valence-corrected chi connectivity index (χ4v) is 3.06. The van der Waals surface area contributed by atoms with E-state index in [4.69, 9.17) is 4.74 Å². The van der Waals surface area contributed by atoms with Gasteiger partial charge in [-0.15, -0.1) is 0 Å². The van der Waals surface area contributed by atoms with Gasteiger partial charge in [0.1, 0.15) is 0 Å². The van der Waals surface area contributed by atoms with E-state index in [0.29, 0.717) is 11.1 Å². The zero-order valence-corrected chi connectivity index (χ0v) is 16.3. The molecular formula is C22H22N2O5. The van der Waals surface area contributed by atoms with Gasteiger partial charge in [0.25, 0.3) is 5.91 Å². The standard InChI is InChI=1S/C22H22N2O5/c1-14-7-9-16(10-8-14)19(25)13-29-22(28)17-11-20(26)24(12-17)23-21(27)18-6-4-3-5-15(18)2/h3-10,17H,11-13H2,1-2H3,(H,23,27)/t17-/m0/s1. The Hall–Kier alpha value is -3.48. The number of hydrogen-bond acceptors (Lipinski definition) is 5. The summed E-state index contributed by atoms with van der Waals surface area (Å²) in [6.07, 6.45) is -0.0778. The zero-order valence-electron chi connectivity index (χ0n) is 16.3. The summed E-state index contributed by atoms with van der Waals surface area (Å²) in [7, 11) is 0. The maximum atomic E-state index is 12.4. The summed E-state index contributed by atoms with van der Waals surface area (Å²) in [6, 6.07) is 14.0. The number of aryl methyl sites for hydroxylation is 2. The minimum Gasteiger partial charge on any atom is -0.457 e. The monoisotopic (exact) mass is 394 g/mol. The molecule has 7 nitrogen and oxygen atoms in total. The Morgan fingerprint density at radius 1 is 1.07 bits per heavy atom. The van der Waals surface area contributed by atoms with Gasteiger partial charge in [-0.25, -0.2) is 0 Å². The highest BCUT2D eigenvalue weighted by Crippen LogP contribution is 2.18. The maximum Gasteiger partial charge on any atom is 0.311 e. The van der Waals surface area contributed by atoms with Gasteiger partial charge in [-0.05, 0) is 25.5 Å². The number of carbonyl (C=O) groups excluding carboxylic acids is 4. The van der Waals surface area contributed by atoms with Crippen molar-refractivity contribution in [2.75, 3.05) is 13.2 Å². The molecule has 1 aliphatic heterocycles. The van der Waals surface area contributed by atoms with Crippen molar-refractivity contribution < 1.29 is 23.9 Å². The molecule has 1 fully saturated rings. The summed E-state index contributed by atoms with van der Waals surface area (Å²) >= 11 is 0. The third-order valence-corrected chi connectivity index (χ3v) is 4.80. The molecule has 0 unspecified atom stereocenters.